The number of amides is 1. The molecule has 0 atom stereocenters. The molecule has 0 aromatic carbocycles. The molecule has 0 aromatic rings. The smallest absolute Gasteiger partial charge is 0.306 e. The van der Waals surface area contributed by atoms with Crippen molar-refractivity contribution >= 4 is 11.9 Å². The molecular formula is C7H11NO3. The topological polar surface area (TPSA) is 66.4 Å². The van der Waals surface area contributed by atoms with Crippen LogP contribution in [-0.4, -0.2) is 23.0 Å². The van der Waals surface area contributed by atoms with Crippen molar-refractivity contribution in [1.29, 1.82) is 0 Å². The Bertz CT molecular complexity index is 184. The van der Waals surface area contributed by atoms with Crippen molar-refractivity contribution in [2.45, 2.75) is 25.8 Å². The van der Waals surface area contributed by atoms with Gasteiger partial charge in [-0.25, -0.2) is 0 Å². The first kappa shape index (κ1) is 8.04. The fourth-order valence-corrected chi connectivity index (χ4v) is 1.22. The largest absolute Gasteiger partial charge is 0.481 e. The van der Waals surface area contributed by atoms with E-state index in [1.165, 1.54) is 6.92 Å². The first-order valence-electron chi connectivity index (χ1n) is 3.59. The van der Waals surface area contributed by atoms with Gasteiger partial charge in [0.15, 0.2) is 0 Å². The Balaban J connectivity index is 2.19. The highest BCUT2D eigenvalue weighted by Crippen LogP contribution is 2.27. The maximum absolute atomic E-state index is 10.5. The molecule has 0 heterocycles. The van der Waals surface area contributed by atoms with E-state index >= 15 is 0 Å². The highest BCUT2D eigenvalue weighted by Gasteiger charge is 2.34. The van der Waals surface area contributed by atoms with Gasteiger partial charge in [-0.05, 0) is 12.8 Å². The number of carboxylic acids is 1. The third kappa shape index (κ3) is 1.93. The molecule has 11 heavy (non-hydrogen) atoms. The minimum absolute atomic E-state index is 0.0844. The first-order valence-corrected chi connectivity index (χ1v) is 3.59. The van der Waals surface area contributed by atoms with Gasteiger partial charge in [0.2, 0.25) is 5.91 Å². The van der Waals surface area contributed by atoms with Gasteiger partial charge >= 0.3 is 5.97 Å². The zero-order valence-electron chi connectivity index (χ0n) is 6.33. The fourth-order valence-electron chi connectivity index (χ4n) is 1.22. The molecule has 1 fully saturated rings. The molecular weight excluding hydrogens is 146 g/mol. The molecule has 1 amide bonds. The zero-order chi connectivity index (χ0) is 8.43. The zero-order valence-corrected chi connectivity index (χ0v) is 6.33. The van der Waals surface area contributed by atoms with Crippen LogP contribution in [0.5, 0.6) is 0 Å². The van der Waals surface area contributed by atoms with Crippen LogP contribution in [0.1, 0.15) is 19.8 Å². The van der Waals surface area contributed by atoms with Gasteiger partial charge in [-0.1, -0.05) is 0 Å². The van der Waals surface area contributed by atoms with Crippen molar-refractivity contribution in [3.05, 3.63) is 0 Å². The molecule has 0 unspecified atom stereocenters. The highest BCUT2D eigenvalue weighted by atomic mass is 16.4. The molecule has 62 valence electrons. The Morgan fingerprint density at radius 2 is 2.00 bits per heavy atom. The Hall–Kier alpha value is -1.06. The van der Waals surface area contributed by atoms with Crippen LogP contribution in [0.3, 0.4) is 0 Å². The minimum Gasteiger partial charge on any atom is -0.481 e. The van der Waals surface area contributed by atoms with Gasteiger partial charge in [-0.15, -0.1) is 0 Å². The van der Waals surface area contributed by atoms with Crippen LogP contribution >= 0.6 is 0 Å². The Morgan fingerprint density at radius 3 is 2.36 bits per heavy atom. The average molecular weight is 157 g/mol. The summed E-state index contributed by atoms with van der Waals surface area (Å²) >= 11 is 0. The van der Waals surface area contributed by atoms with Crippen LogP contribution in [0.4, 0.5) is 0 Å². The predicted molar refractivity (Wildman–Crippen MR) is 38.0 cm³/mol. The van der Waals surface area contributed by atoms with E-state index < -0.39 is 5.97 Å². The molecule has 0 bridgehead atoms. The summed E-state index contributed by atoms with van der Waals surface area (Å²) in [5, 5.41) is 11.1. The van der Waals surface area contributed by atoms with Gasteiger partial charge < -0.3 is 10.4 Å². The number of rotatable bonds is 2. The molecule has 1 aliphatic rings. The second kappa shape index (κ2) is 2.90. The van der Waals surface area contributed by atoms with E-state index in [1.807, 2.05) is 0 Å². The lowest BCUT2D eigenvalue weighted by atomic mass is 9.80. The summed E-state index contributed by atoms with van der Waals surface area (Å²) < 4.78 is 0. The highest BCUT2D eigenvalue weighted by molar-refractivity contribution is 5.75. The normalized spacial score (nSPS) is 28.8. The molecule has 0 saturated heterocycles. The van der Waals surface area contributed by atoms with Crippen LogP contribution < -0.4 is 5.32 Å². The van der Waals surface area contributed by atoms with E-state index in [0.29, 0.717) is 12.8 Å². The monoisotopic (exact) mass is 157 g/mol. The van der Waals surface area contributed by atoms with Gasteiger partial charge in [0.05, 0.1) is 5.92 Å². The molecule has 2 N–H and O–H groups in total. The van der Waals surface area contributed by atoms with Crippen molar-refractivity contribution in [2.24, 2.45) is 5.92 Å². The third-order valence-corrected chi connectivity index (χ3v) is 1.89. The van der Waals surface area contributed by atoms with E-state index in [1.54, 1.807) is 0 Å². The van der Waals surface area contributed by atoms with E-state index in [2.05, 4.69) is 5.32 Å². The van der Waals surface area contributed by atoms with Gasteiger partial charge in [-0.2, -0.15) is 0 Å². The number of aliphatic carboxylic acids is 1. The summed E-state index contributed by atoms with van der Waals surface area (Å²) in [7, 11) is 0. The van der Waals surface area contributed by atoms with E-state index in [9.17, 15) is 9.59 Å². The molecule has 4 heteroatoms. The van der Waals surface area contributed by atoms with E-state index in [0.717, 1.165) is 0 Å². The quantitative estimate of drug-likeness (QED) is 0.592. The minimum atomic E-state index is -0.758. The van der Waals surface area contributed by atoms with Gasteiger partial charge in [0.1, 0.15) is 0 Å². The SMILES string of the molecule is CC(=O)NC1CC(C(=O)O)C1. The Kier molecular flexibility index (Phi) is 2.12. The van der Waals surface area contributed by atoms with Crippen LogP contribution in [0.2, 0.25) is 0 Å². The second-order valence-corrected chi connectivity index (χ2v) is 2.90. The van der Waals surface area contributed by atoms with Crippen molar-refractivity contribution in [3.8, 4) is 0 Å². The van der Waals surface area contributed by atoms with Crippen molar-refractivity contribution < 1.29 is 14.7 Å². The van der Waals surface area contributed by atoms with Crippen LogP contribution in [-0.2, 0) is 9.59 Å². The molecule has 0 aliphatic heterocycles. The molecule has 1 saturated carbocycles. The molecule has 0 spiro atoms. The number of nitrogens with one attached hydrogen (secondary N) is 1. The van der Waals surface area contributed by atoms with Gasteiger partial charge in [0, 0.05) is 13.0 Å². The van der Waals surface area contributed by atoms with Crippen molar-refractivity contribution in [2.75, 3.05) is 0 Å². The first-order chi connectivity index (χ1) is 5.09. The molecule has 1 aliphatic carbocycles. The maximum Gasteiger partial charge on any atom is 0.306 e. The Labute approximate surface area is 64.6 Å². The lowest BCUT2D eigenvalue weighted by molar-refractivity contribution is -0.146. The lowest BCUT2D eigenvalue weighted by Gasteiger charge is -2.32. The third-order valence-electron chi connectivity index (χ3n) is 1.89. The molecule has 4 nitrogen and oxygen atoms in total. The summed E-state index contributed by atoms with van der Waals surface area (Å²) in [6.07, 6.45) is 1.16. The molecule has 1 rings (SSSR count). The Morgan fingerprint density at radius 1 is 1.45 bits per heavy atom. The number of hydrogen-bond donors (Lipinski definition) is 2. The molecule has 0 aromatic heterocycles. The summed E-state index contributed by atoms with van der Waals surface area (Å²) in [4.78, 5) is 20.8. The summed E-state index contributed by atoms with van der Waals surface area (Å²) in [5.41, 5.74) is 0. The maximum atomic E-state index is 10.5. The number of hydrogen-bond acceptors (Lipinski definition) is 2. The van der Waals surface area contributed by atoms with E-state index in [4.69, 9.17) is 5.11 Å². The predicted octanol–water partition coefficient (Wildman–Crippen LogP) is -0.0143. The second-order valence-electron chi connectivity index (χ2n) is 2.90. The number of carbonyl (C=O) groups is 2. The summed E-state index contributed by atoms with van der Waals surface area (Å²) in [6.45, 7) is 1.44. The standard InChI is InChI=1S/C7H11NO3/c1-4(9)8-6-2-5(3-6)7(10)11/h5-6H,2-3H2,1H3,(H,8,9)(H,10,11). The van der Waals surface area contributed by atoms with Crippen molar-refractivity contribution in [1.82, 2.24) is 5.32 Å². The average Bonchev–Trinajstić information content (AvgIpc) is 1.75. The lowest BCUT2D eigenvalue weighted by Crippen LogP contribution is -2.45. The summed E-state index contributed by atoms with van der Waals surface area (Å²) in [5.74, 6) is -1.09. The summed E-state index contributed by atoms with van der Waals surface area (Å²) in [6, 6.07) is 0.0913. The van der Waals surface area contributed by atoms with Gasteiger partial charge in [-0.3, -0.25) is 9.59 Å². The van der Waals surface area contributed by atoms with Gasteiger partial charge in [0.25, 0.3) is 0 Å². The van der Waals surface area contributed by atoms with Crippen LogP contribution in [0.15, 0.2) is 0 Å². The van der Waals surface area contributed by atoms with Crippen molar-refractivity contribution in [3.63, 3.8) is 0 Å². The number of carbonyl (C=O) groups excluding carboxylic acids is 1. The molecule has 0 radical (unpaired) electrons. The van der Waals surface area contributed by atoms with Crippen LogP contribution in [0, 0.1) is 5.92 Å². The number of carboxylic acid groups (broad SMARTS) is 1. The van der Waals surface area contributed by atoms with Crippen LogP contribution in [0.25, 0.3) is 0 Å². The van der Waals surface area contributed by atoms with E-state index in [-0.39, 0.29) is 17.9 Å². The fraction of sp³-hybridized carbons (Fsp3) is 0.714.